The van der Waals surface area contributed by atoms with Gasteiger partial charge in [0.25, 0.3) is 5.56 Å². The number of methoxy groups -OCH3 is 1. The van der Waals surface area contributed by atoms with Crippen LogP contribution in [0, 0.1) is 11.3 Å². The van der Waals surface area contributed by atoms with E-state index in [0.717, 1.165) is 35.1 Å². The van der Waals surface area contributed by atoms with Crippen molar-refractivity contribution >= 4 is 6.08 Å². The molecule has 0 radical (unpaired) electrons. The van der Waals surface area contributed by atoms with E-state index < -0.39 is 0 Å². The molecule has 0 atom stereocenters. The summed E-state index contributed by atoms with van der Waals surface area (Å²) in [6.07, 6.45) is 8.57. The molecule has 3 rings (SSSR count). The van der Waals surface area contributed by atoms with Crippen molar-refractivity contribution in [2.75, 3.05) is 7.11 Å². The van der Waals surface area contributed by atoms with Crippen molar-refractivity contribution in [1.82, 2.24) is 4.57 Å². The van der Waals surface area contributed by atoms with Gasteiger partial charge in [0.2, 0.25) is 0 Å². The van der Waals surface area contributed by atoms with Gasteiger partial charge < -0.3 is 9.30 Å². The fraction of sp³-hybridized carbons (Fsp3) is 0.300. The molecule has 1 aromatic heterocycles. The highest BCUT2D eigenvalue weighted by Gasteiger charge is 2.20. The Balaban J connectivity index is 2.25. The first-order valence-corrected chi connectivity index (χ1v) is 8.21. The number of hydrogen-bond acceptors (Lipinski definition) is 3. The van der Waals surface area contributed by atoms with Crippen molar-refractivity contribution in [3.63, 3.8) is 0 Å². The molecule has 0 saturated heterocycles. The van der Waals surface area contributed by atoms with E-state index >= 15 is 0 Å². The molecule has 0 spiro atoms. The Morgan fingerprint density at radius 1 is 1.33 bits per heavy atom. The summed E-state index contributed by atoms with van der Waals surface area (Å²) in [4.78, 5) is 12.7. The summed E-state index contributed by atoms with van der Waals surface area (Å²) in [7, 11) is 1.62. The Morgan fingerprint density at radius 3 is 2.88 bits per heavy atom. The van der Waals surface area contributed by atoms with E-state index in [1.807, 2.05) is 24.4 Å². The zero-order chi connectivity index (χ0) is 17.1. The highest BCUT2D eigenvalue weighted by Crippen LogP contribution is 2.36. The Labute approximate surface area is 141 Å². The van der Waals surface area contributed by atoms with E-state index in [1.165, 1.54) is 0 Å². The van der Waals surface area contributed by atoms with Gasteiger partial charge in [-0.2, -0.15) is 5.26 Å². The van der Waals surface area contributed by atoms with E-state index in [2.05, 4.69) is 13.0 Å². The Bertz CT molecular complexity index is 901. The van der Waals surface area contributed by atoms with Crippen molar-refractivity contribution in [1.29, 1.82) is 5.26 Å². The zero-order valence-electron chi connectivity index (χ0n) is 14.0. The molecule has 0 saturated carbocycles. The van der Waals surface area contributed by atoms with E-state index in [1.54, 1.807) is 23.8 Å². The van der Waals surface area contributed by atoms with Crippen LogP contribution in [0.15, 0.2) is 35.3 Å². The maximum atomic E-state index is 12.7. The average molecular weight is 320 g/mol. The predicted octanol–water partition coefficient (Wildman–Crippen LogP) is 3.76. The molecule has 4 nitrogen and oxygen atoms in total. The molecule has 0 bridgehead atoms. The van der Waals surface area contributed by atoms with Crippen molar-refractivity contribution in [3.05, 3.63) is 57.5 Å². The van der Waals surface area contributed by atoms with Gasteiger partial charge in [-0.05, 0) is 36.6 Å². The summed E-state index contributed by atoms with van der Waals surface area (Å²) in [6.45, 7) is 2.82. The minimum Gasteiger partial charge on any atom is -0.496 e. The van der Waals surface area contributed by atoms with Crippen LogP contribution in [0.3, 0.4) is 0 Å². The number of unbranched alkanes of at least 4 members (excludes halogenated alkanes) is 1. The smallest absolute Gasteiger partial charge is 0.254 e. The molecule has 1 aliphatic carbocycles. The summed E-state index contributed by atoms with van der Waals surface area (Å²) in [5.41, 5.74) is 4.23. The number of aromatic nitrogens is 1. The summed E-state index contributed by atoms with van der Waals surface area (Å²) in [6, 6.07) is 7.55. The lowest BCUT2D eigenvalue weighted by Crippen LogP contribution is -2.24. The number of nitrogens with zero attached hydrogens (tertiary/aromatic N) is 2. The number of benzene rings is 1. The maximum Gasteiger partial charge on any atom is 0.254 e. The molecule has 1 aromatic carbocycles. The number of allylic oxidation sites excluding steroid dienone is 1. The van der Waals surface area contributed by atoms with Crippen LogP contribution in [0.5, 0.6) is 5.75 Å². The molecule has 24 heavy (non-hydrogen) atoms. The minimum atomic E-state index is 0.0857. The molecule has 122 valence electrons. The van der Waals surface area contributed by atoms with Crippen LogP contribution >= 0.6 is 0 Å². The molecule has 0 amide bonds. The molecular weight excluding hydrogens is 300 g/mol. The third-order valence-electron chi connectivity index (χ3n) is 4.40. The normalized spacial score (nSPS) is 12.0. The first-order chi connectivity index (χ1) is 11.7. The van der Waals surface area contributed by atoms with Gasteiger partial charge in [-0.15, -0.1) is 0 Å². The van der Waals surface area contributed by atoms with Gasteiger partial charge in [0.15, 0.2) is 0 Å². The number of ether oxygens (including phenoxy) is 1. The van der Waals surface area contributed by atoms with E-state index in [-0.39, 0.29) is 5.56 Å². The molecule has 4 heteroatoms. The molecule has 0 unspecified atom stereocenters. The molecule has 0 N–H and O–H groups in total. The summed E-state index contributed by atoms with van der Waals surface area (Å²) in [5, 5.41) is 9.22. The van der Waals surface area contributed by atoms with Crippen LogP contribution in [-0.4, -0.2) is 11.7 Å². The molecule has 0 fully saturated rings. The second kappa shape index (κ2) is 6.76. The summed E-state index contributed by atoms with van der Waals surface area (Å²) < 4.78 is 7.28. The number of pyridine rings is 1. The second-order valence-corrected chi connectivity index (χ2v) is 5.92. The third kappa shape index (κ3) is 2.74. The lowest BCUT2D eigenvalue weighted by atomic mass is 9.97. The fourth-order valence-corrected chi connectivity index (χ4v) is 3.11. The number of aryl methyl sites for hydroxylation is 1. The number of rotatable bonds is 5. The number of nitriles is 1. The standard InChI is InChI=1S/C20H20N2O2/c1-3-4-10-22-13-18(15-6-5-7-16(15)20(22)23)17-11-14(12-21)8-9-19(17)24-2/h5-6,8-9,11,13H,3-4,7,10H2,1-2H3. The zero-order valence-corrected chi connectivity index (χ0v) is 14.0. The van der Waals surface area contributed by atoms with Crippen LogP contribution in [0.2, 0.25) is 0 Å². The number of fused-ring (bicyclic) bond motifs is 1. The van der Waals surface area contributed by atoms with Crippen LogP contribution in [0.1, 0.15) is 36.5 Å². The Kier molecular flexibility index (Phi) is 4.52. The molecule has 1 heterocycles. The van der Waals surface area contributed by atoms with Gasteiger partial charge in [0, 0.05) is 29.4 Å². The van der Waals surface area contributed by atoms with Gasteiger partial charge in [0.05, 0.1) is 18.7 Å². The first-order valence-electron chi connectivity index (χ1n) is 8.21. The Morgan fingerprint density at radius 2 is 2.17 bits per heavy atom. The van der Waals surface area contributed by atoms with Crippen LogP contribution in [-0.2, 0) is 13.0 Å². The van der Waals surface area contributed by atoms with E-state index in [0.29, 0.717) is 24.3 Å². The van der Waals surface area contributed by atoms with E-state index in [4.69, 9.17) is 4.74 Å². The molecular formula is C20H20N2O2. The topological polar surface area (TPSA) is 55.0 Å². The monoisotopic (exact) mass is 320 g/mol. The van der Waals surface area contributed by atoms with Crippen molar-refractivity contribution in [2.45, 2.75) is 32.7 Å². The van der Waals surface area contributed by atoms with Gasteiger partial charge in [-0.3, -0.25) is 4.79 Å². The average Bonchev–Trinajstić information content (AvgIpc) is 3.11. The van der Waals surface area contributed by atoms with Crippen molar-refractivity contribution < 1.29 is 4.74 Å². The number of hydrogen-bond donors (Lipinski definition) is 0. The Hall–Kier alpha value is -2.80. The SMILES string of the molecule is CCCCn1cc(-c2cc(C#N)ccc2OC)c2c(c1=O)CC=C2. The third-order valence-corrected chi connectivity index (χ3v) is 4.40. The van der Waals surface area contributed by atoms with Gasteiger partial charge in [-0.1, -0.05) is 25.5 Å². The molecule has 2 aromatic rings. The molecule has 1 aliphatic rings. The van der Waals surface area contributed by atoms with Gasteiger partial charge in [0.1, 0.15) is 5.75 Å². The van der Waals surface area contributed by atoms with Crippen molar-refractivity contribution in [2.24, 2.45) is 0 Å². The fourth-order valence-electron chi connectivity index (χ4n) is 3.11. The summed E-state index contributed by atoms with van der Waals surface area (Å²) in [5.74, 6) is 0.706. The van der Waals surface area contributed by atoms with Gasteiger partial charge in [-0.25, -0.2) is 0 Å². The quantitative estimate of drug-likeness (QED) is 0.843. The van der Waals surface area contributed by atoms with Crippen LogP contribution in [0.4, 0.5) is 0 Å². The predicted molar refractivity (Wildman–Crippen MR) is 95.1 cm³/mol. The van der Waals surface area contributed by atoms with Crippen molar-refractivity contribution in [3.8, 4) is 22.9 Å². The highest BCUT2D eigenvalue weighted by atomic mass is 16.5. The first kappa shape index (κ1) is 16.1. The minimum absolute atomic E-state index is 0.0857. The van der Waals surface area contributed by atoms with E-state index in [9.17, 15) is 10.1 Å². The molecule has 0 aliphatic heterocycles. The highest BCUT2D eigenvalue weighted by molar-refractivity contribution is 5.82. The maximum absolute atomic E-state index is 12.7. The lowest BCUT2D eigenvalue weighted by Gasteiger charge is -2.16. The lowest BCUT2D eigenvalue weighted by molar-refractivity contribution is 0.416. The van der Waals surface area contributed by atoms with Crippen LogP contribution in [0.25, 0.3) is 17.2 Å². The van der Waals surface area contributed by atoms with Gasteiger partial charge >= 0.3 is 0 Å². The summed E-state index contributed by atoms with van der Waals surface area (Å²) >= 11 is 0. The second-order valence-electron chi connectivity index (χ2n) is 5.92. The van der Waals surface area contributed by atoms with Crippen LogP contribution < -0.4 is 10.3 Å². The largest absolute Gasteiger partial charge is 0.496 e.